The number of aromatic nitrogens is 1. The van der Waals surface area contributed by atoms with Crippen molar-refractivity contribution in [2.45, 2.75) is 0 Å². The Morgan fingerprint density at radius 1 is 1.11 bits per heavy atom. The van der Waals surface area contributed by atoms with Crippen LogP contribution in [0.2, 0.25) is 10.0 Å². The van der Waals surface area contributed by atoms with E-state index in [9.17, 15) is 0 Å². The van der Waals surface area contributed by atoms with Crippen LogP contribution in [0, 0.1) is 0 Å². The molecule has 19 heavy (non-hydrogen) atoms. The molecule has 1 aromatic heterocycles. The van der Waals surface area contributed by atoms with Gasteiger partial charge in [0.25, 0.3) is 0 Å². The van der Waals surface area contributed by atoms with Gasteiger partial charge in [-0.15, -0.1) is 0 Å². The fourth-order valence-corrected chi connectivity index (χ4v) is 2.41. The Morgan fingerprint density at radius 2 is 1.89 bits per heavy atom. The standard InChI is InChI=1S/C14H9Cl2NO2/c1-18-13-7-12-9(6-11(13)16)14(17-19-12)8-4-2-3-5-10(8)15/h2-7H,1H3. The summed E-state index contributed by atoms with van der Waals surface area (Å²) in [5.74, 6) is 0.552. The number of halogens is 2. The van der Waals surface area contributed by atoms with Gasteiger partial charge in [0, 0.05) is 11.6 Å². The second-order valence-corrected chi connectivity index (χ2v) is 4.81. The first kappa shape index (κ1) is 12.3. The molecule has 0 aliphatic rings. The van der Waals surface area contributed by atoms with Crippen molar-refractivity contribution in [3.05, 3.63) is 46.4 Å². The van der Waals surface area contributed by atoms with Crippen LogP contribution in [0.25, 0.3) is 22.2 Å². The molecule has 0 spiro atoms. The van der Waals surface area contributed by atoms with Gasteiger partial charge in [0.15, 0.2) is 5.58 Å². The predicted molar refractivity (Wildman–Crippen MR) is 76.0 cm³/mol. The number of nitrogens with zero attached hydrogens (tertiary/aromatic N) is 1. The highest BCUT2D eigenvalue weighted by Crippen LogP contribution is 2.37. The third kappa shape index (κ3) is 2.05. The molecule has 1 heterocycles. The number of methoxy groups -OCH3 is 1. The molecule has 0 aliphatic carbocycles. The highest BCUT2D eigenvalue weighted by molar-refractivity contribution is 6.34. The fraction of sp³-hybridized carbons (Fsp3) is 0.0714. The van der Waals surface area contributed by atoms with E-state index in [1.54, 1.807) is 19.2 Å². The van der Waals surface area contributed by atoms with Gasteiger partial charge in [0.05, 0.1) is 22.5 Å². The number of fused-ring (bicyclic) bond motifs is 1. The van der Waals surface area contributed by atoms with Crippen molar-refractivity contribution in [3.63, 3.8) is 0 Å². The van der Waals surface area contributed by atoms with Gasteiger partial charge in [-0.3, -0.25) is 0 Å². The first-order chi connectivity index (χ1) is 9.20. The van der Waals surface area contributed by atoms with Crippen LogP contribution < -0.4 is 4.74 Å². The molecular formula is C14H9Cl2NO2. The Kier molecular flexibility index (Phi) is 3.09. The lowest BCUT2D eigenvalue weighted by Gasteiger charge is -2.03. The lowest BCUT2D eigenvalue weighted by Crippen LogP contribution is -1.84. The maximum Gasteiger partial charge on any atom is 0.171 e. The molecule has 0 N–H and O–H groups in total. The SMILES string of the molecule is COc1cc2onc(-c3ccccc3Cl)c2cc1Cl. The summed E-state index contributed by atoms with van der Waals surface area (Å²) in [6.45, 7) is 0. The van der Waals surface area contributed by atoms with Gasteiger partial charge in [-0.05, 0) is 12.1 Å². The molecule has 96 valence electrons. The summed E-state index contributed by atoms with van der Waals surface area (Å²) in [6.07, 6.45) is 0. The molecule has 3 nitrogen and oxygen atoms in total. The molecule has 5 heteroatoms. The summed E-state index contributed by atoms with van der Waals surface area (Å²) in [5, 5.41) is 6.00. The van der Waals surface area contributed by atoms with E-state index >= 15 is 0 Å². The van der Waals surface area contributed by atoms with Crippen LogP contribution in [0.3, 0.4) is 0 Å². The Bertz CT molecular complexity index is 752. The Labute approximate surface area is 119 Å². The van der Waals surface area contributed by atoms with Crippen LogP contribution in [0.1, 0.15) is 0 Å². The van der Waals surface area contributed by atoms with Crippen LogP contribution >= 0.6 is 23.2 Å². The lowest BCUT2D eigenvalue weighted by atomic mass is 10.1. The van der Waals surface area contributed by atoms with Crippen molar-refractivity contribution in [3.8, 4) is 17.0 Å². The highest BCUT2D eigenvalue weighted by Gasteiger charge is 2.15. The van der Waals surface area contributed by atoms with E-state index in [1.807, 2.05) is 24.3 Å². The zero-order valence-electron chi connectivity index (χ0n) is 9.98. The molecule has 0 unspecified atom stereocenters. The molecule has 0 amide bonds. The monoisotopic (exact) mass is 293 g/mol. The van der Waals surface area contributed by atoms with Gasteiger partial charge in [-0.1, -0.05) is 46.6 Å². The minimum Gasteiger partial charge on any atom is -0.495 e. The van der Waals surface area contributed by atoms with E-state index < -0.39 is 0 Å². The van der Waals surface area contributed by atoms with Crippen LogP contribution in [-0.4, -0.2) is 12.3 Å². The zero-order chi connectivity index (χ0) is 13.4. The molecule has 0 bridgehead atoms. The molecule has 2 aromatic carbocycles. The van der Waals surface area contributed by atoms with Crippen molar-refractivity contribution >= 4 is 34.2 Å². The van der Waals surface area contributed by atoms with Gasteiger partial charge in [-0.25, -0.2) is 0 Å². The first-order valence-corrected chi connectivity index (χ1v) is 6.34. The maximum atomic E-state index is 6.18. The molecular weight excluding hydrogens is 285 g/mol. The van der Waals surface area contributed by atoms with E-state index in [0.717, 1.165) is 10.9 Å². The molecule has 0 atom stereocenters. The van der Waals surface area contributed by atoms with E-state index in [1.165, 1.54) is 0 Å². The first-order valence-electron chi connectivity index (χ1n) is 5.58. The van der Waals surface area contributed by atoms with Crippen LogP contribution in [-0.2, 0) is 0 Å². The number of hydrogen-bond donors (Lipinski definition) is 0. The van der Waals surface area contributed by atoms with Crippen molar-refractivity contribution in [2.24, 2.45) is 0 Å². The average Bonchev–Trinajstić information content (AvgIpc) is 2.81. The second kappa shape index (κ2) is 4.76. The van der Waals surface area contributed by atoms with Gasteiger partial charge in [0.1, 0.15) is 11.4 Å². The van der Waals surface area contributed by atoms with Crippen molar-refractivity contribution < 1.29 is 9.26 Å². The normalized spacial score (nSPS) is 10.9. The summed E-state index contributed by atoms with van der Waals surface area (Å²) >= 11 is 12.3. The van der Waals surface area contributed by atoms with E-state index in [-0.39, 0.29) is 0 Å². The third-order valence-corrected chi connectivity index (χ3v) is 3.50. The maximum absolute atomic E-state index is 6.18. The summed E-state index contributed by atoms with van der Waals surface area (Å²) in [7, 11) is 1.55. The Balaban J connectivity index is 2.27. The summed E-state index contributed by atoms with van der Waals surface area (Å²) < 4.78 is 10.5. The summed E-state index contributed by atoms with van der Waals surface area (Å²) in [4.78, 5) is 0. The largest absolute Gasteiger partial charge is 0.495 e. The van der Waals surface area contributed by atoms with E-state index in [2.05, 4.69) is 5.16 Å². The quantitative estimate of drug-likeness (QED) is 0.680. The molecule has 3 rings (SSSR count). The molecule has 0 aliphatic heterocycles. The smallest absolute Gasteiger partial charge is 0.171 e. The molecule has 0 saturated heterocycles. The topological polar surface area (TPSA) is 35.3 Å². The third-order valence-electron chi connectivity index (χ3n) is 2.87. The predicted octanol–water partition coefficient (Wildman–Crippen LogP) is 4.81. The zero-order valence-corrected chi connectivity index (χ0v) is 11.5. The minimum absolute atomic E-state index is 0.506. The van der Waals surface area contributed by atoms with Crippen molar-refractivity contribution in [2.75, 3.05) is 7.11 Å². The van der Waals surface area contributed by atoms with Crippen molar-refractivity contribution in [1.29, 1.82) is 0 Å². The van der Waals surface area contributed by atoms with Gasteiger partial charge in [0.2, 0.25) is 0 Å². The van der Waals surface area contributed by atoms with Crippen LogP contribution in [0.15, 0.2) is 40.9 Å². The van der Waals surface area contributed by atoms with Crippen LogP contribution in [0.5, 0.6) is 5.75 Å². The Morgan fingerprint density at radius 3 is 2.63 bits per heavy atom. The molecule has 0 radical (unpaired) electrons. The number of ether oxygens (including phenoxy) is 1. The molecule has 0 fully saturated rings. The lowest BCUT2D eigenvalue weighted by molar-refractivity contribution is 0.412. The van der Waals surface area contributed by atoms with Gasteiger partial charge in [-0.2, -0.15) is 0 Å². The van der Waals surface area contributed by atoms with Gasteiger partial charge >= 0.3 is 0 Å². The van der Waals surface area contributed by atoms with Gasteiger partial charge < -0.3 is 9.26 Å². The van der Waals surface area contributed by atoms with Crippen molar-refractivity contribution in [1.82, 2.24) is 5.16 Å². The minimum atomic E-state index is 0.506. The fourth-order valence-electron chi connectivity index (χ4n) is 1.94. The number of rotatable bonds is 2. The Hall–Kier alpha value is -1.71. The summed E-state index contributed by atoms with van der Waals surface area (Å²) in [5.41, 5.74) is 2.09. The number of hydrogen-bond acceptors (Lipinski definition) is 3. The van der Waals surface area contributed by atoms with E-state index in [0.29, 0.717) is 27.1 Å². The number of benzene rings is 2. The van der Waals surface area contributed by atoms with Crippen LogP contribution in [0.4, 0.5) is 0 Å². The summed E-state index contributed by atoms with van der Waals surface area (Å²) in [6, 6.07) is 10.9. The average molecular weight is 294 g/mol. The second-order valence-electron chi connectivity index (χ2n) is 3.99. The molecule has 3 aromatic rings. The van der Waals surface area contributed by atoms with E-state index in [4.69, 9.17) is 32.5 Å². The highest BCUT2D eigenvalue weighted by atomic mass is 35.5. The molecule has 0 saturated carbocycles.